The Bertz CT molecular complexity index is 555. The molecule has 0 spiro atoms. The van der Waals surface area contributed by atoms with Crippen LogP contribution in [0.25, 0.3) is 0 Å². The number of nitrogens with zero attached hydrogens (tertiary/aromatic N) is 2. The third kappa shape index (κ3) is 3.47. The maximum atomic E-state index is 11.8. The van der Waals surface area contributed by atoms with Gasteiger partial charge in [-0.15, -0.1) is 0 Å². The van der Waals surface area contributed by atoms with Gasteiger partial charge in [-0.05, 0) is 25.3 Å². The molecule has 1 aliphatic rings. The highest BCUT2D eigenvalue weighted by molar-refractivity contribution is 5.88. The Morgan fingerprint density at radius 2 is 2.05 bits per heavy atom. The molecule has 1 saturated heterocycles. The van der Waals surface area contributed by atoms with Gasteiger partial charge < -0.3 is 9.74 Å². The molecule has 1 aliphatic heterocycles. The SMILES string of the molecule is O=Cc1cccc([N+](=O)[O-])c1NOC(=O)N1CCCCC1. The predicted molar refractivity (Wildman–Crippen MR) is 74.0 cm³/mol. The van der Waals surface area contributed by atoms with Crippen LogP contribution in [0.15, 0.2) is 18.2 Å². The summed E-state index contributed by atoms with van der Waals surface area (Å²) in [5.41, 5.74) is 1.85. The summed E-state index contributed by atoms with van der Waals surface area (Å²) in [6.45, 7) is 1.19. The van der Waals surface area contributed by atoms with Crippen molar-refractivity contribution in [3.05, 3.63) is 33.9 Å². The fourth-order valence-corrected chi connectivity index (χ4v) is 2.15. The average Bonchev–Trinajstić information content (AvgIpc) is 2.52. The molecule has 1 aromatic rings. The van der Waals surface area contributed by atoms with Gasteiger partial charge in [-0.2, -0.15) is 0 Å². The molecule has 8 heteroatoms. The van der Waals surface area contributed by atoms with E-state index in [1.807, 2.05) is 0 Å². The quantitative estimate of drug-likeness (QED) is 0.519. The zero-order chi connectivity index (χ0) is 15.2. The minimum Gasteiger partial charge on any atom is -0.324 e. The highest BCUT2D eigenvalue weighted by Crippen LogP contribution is 2.27. The first-order valence-corrected chi connectivity index (χ1v) is 6.58. The van der Waals surface area contributed by atoms with Gasteiger partial charge >= 0.3 is 6.09 Å². The van der Waals surface area contributed by atoms with Crippen molar-refractivity contribution in [1.29, 1.82) is 0 Å². The number of nitro groups is 1. The van der Waals surface area contributed by atoms with E-state index in [4.69, 9.17) is 4.84 Å². The summed E-state index contributed by atoms with van der Waals surface area (Å²) >= 11 is 0. The number of hydrogen-bond acceptors (Lipinski definition) is 6. The number of aldehydes is 1. The molecular weight excluding hydrogens is 278 g/mol. The molecular formula is C13H15N3O5. The second-order valence-electron chi connectivity index (χ2n) is 4.63. The number of carbonyl (C=O) groups excluding carboxylic acids is 2. The van der Waals surface area contributed by atoms with Crippen LogP contribution >= 0.6 is 0 Å². The molecule has 0 atom stereocenters. The molecule has 0 bridgehead atoms. The number of nitrogens with one attached hydrogen (secondary N) is 1. The van der Waals surface area contributed by atoms with Crippen LogP contribution in [-0.2, 0) is 4.84 Å². The van der Waals surface area contributed by atoms with E-state index in [-0.39, 0.29) is 16.9 Å². The molecule has 0 unspecified atom stereocenters. The fourth-order valence-electron chi connectivity index (χ4n) is 2.15. The molecule has 21 heavy (non-hydrogen) atoms. The van der Waals surface area contributed by atoms with Gasteiger partial charge in [0.2, 0.25) is 0 Å². The lowest BCUT2D eigenvalue weighted by atomic mass is 10.1. The average molecular weight is 293 g/mol. The van der Waals surface area contributed by atoms with Crippen LogP contribution in [0.3, 0.4) is 0 Å². The van der Waals surface area contributed by atoms with E-state index in [9.17, 15) is 19.7 Å². The Balaban J connectivity index is 2.09. The number of benzene rings is 1. The zero-order valence-electron chi connectivity index (χ0n) is 11.3. The fraction of sp³-hybridized carbons (Fsp3) is 0.385. The number of para-hydroxylation sites is 1. The number of hydrogen-bond donors (Lipinski definition) is 1. The topological polar surface area (TPSA) is 102 Å². The molecule has 1 N–H and O–H groups in total. The predicted octanol–water partition coefficient (Wildman–Crippen LogP) is 2.36. The minimum absolute atomic E-state index is 0.0515. The van der Waals surface area contributed by atoms with Gasteiger partial charge in [0, 0.05) is 24.7 Å². The second kappa shape index (κ2) is 6.69. The van der Waals surface area contributed by atoms with E-state index < -0.39 is 11.0 Å². The van der Waals surface area contributed by atoms with Gasteiger partial charge in [0.05, 0.1) is 4.92 Å². The monoisotopic (exact) mass is 293 g/mol. The maximum absolute atomic E-state index is 11.8. The second-order valence-corrected chi connectivity index (χ2v) is 4.63. The summed E-state index contributed by atoms with van der Waals surface area (Å²) in [5.74, 6) is 0. The molecule has 1 fully saturated rings. The van der Waals surface area contributed by atoms with Crippen molar-refractivity contribution < 1.29 is 19.3 Å². The standard InChI is InChI=1S/C13H15N3O5/c17-9-10-5-4-6-11(16(19)20)12(10)14-21-13(18)15-7-2-1-3-8-15/h4-6,9,14H,1-3,7-8H2. The number of rotatable bonds is 4. The minimum atomic E-state index is -0.649. The van der Waals surface area contributed by atoms with Crippen molar-refractivity contribution >= 4 is 23.8 Å². The smallest absolute Gasteiger partial charge is 0.324 e. The van der Waals surface area contributed by atoms with Crippen molar-refractivity contribution in [1.82, 2.24) is 4.90 Å². The van der Waals surface area contributed by atoms with Crippen LogP contribution in [0.2, 0.25) is 0 Å². The Morgan fingerprint density at radius 3 is 2.67 bits per heavy atom. The van der Waals surface area contributed by atoms with E-state index in [0.717, 1.165) is 19.3 Å². The van der Waals surface area contributed by atoms with Crippen molar-refractivity contribution in [2.24, 2.45) is 0 Å². The number of amides is 1. The Morgan fingerprint density at radius 1 is 1.33 bits per heavy atom. The number of piperidine rings is 1. The lowest BCUT2D eigenvalue weighted by Crippen LogP contribution is -2.37. The molecule has 0 aromatic heterocycles. The van der Waals surface area contributed by atoms with Gasteiger partial charge in [-0.3, -0.25) is 14.9 Å². The maximum Gasteiger partial charge on any atom is 0.434 e. The first kappa shape index (κ1) is 14.8. The molecule has 1 aromatic carbocycles. The molecule has 2 rings (SSSR count). The Labute approximate surface area is 120 Å². The summed E-state index contributed by atoms with van der Waals surface area (Å²) in [6.07, 6.45) is 2.73. The van der Waals surface area contributed by atoms with Crippen molar-refractivity contribution in [3.8, 4) is 0 Å². The van der Waals surface area contributed by atoms with Gasteiger partial charge in [0.15, 0.2) is 12.0 Å². The van der Waals surface area contributed by atoms with Gasteiger partial charge in [-0.25, -0.2) is 10.3 Å². The van der Waals surface area contributed by atoms with Crippen LogP contribution in [0.1, 0.15) is 29.6 Å². The normalized spacial score (nSPS) is 14.4. The largest absolute Gasteiger partial charge is 0.434 e. The molecule has 112 valence electrons. The summed E-state index contributed by atoms with van der Waals surface area (Å²) in [4.78, 5) is 39.5. The first-order valence-electron chi connectivity index (χ1n) is 6.58. The molecule has 0 saturated carbocycles. The lowest BCUT2D eigenvalue weighted by molar-refractivity contribution is -0.384. The first-order chi connectivity index (χ1) is 10.1. The van der Waals surface area contributed by atoms with Crippen LogP contribution in [0.4, 0.5) is 16.2 Å². The molecule has 8 nitrogen and oxygen atoms in total. The van der Waals surface area contributed by atoms with E-state index in [0.29, 0.717) is 19.4 Å². The summed E-state index contributed by atoms with van der Waals surface area (Å²) < 4.78 is 0. The van der Waals surface area contributed by atoms with Gasteiger partial charge in [-0.1, -0.05) is 6.07 Å². The summed E-state index contributed by atoms with van der Waals surface area (Å²) in [7, 11) is 0. The van der Waals surface area contributed by atoms with Gasteiger partial charge in [0.1, 0.15) is 0 Å². The summed E-state index contributed by atoms with van der Waals surface area (Å²) in [5, 5.41) is 10.9. The van der Waals surface area contributed by atoms with E-state index >= 15 is 0 Å². The Hall–Kier alpha value is -2.64. The third-order valence-electron chi connectivity index (χ3n) is 3.25. The van der Waals surface area contributed by atoms with Crippen molar-refractivity contribution in [2.45, 2.75) is 19.3 Å². The molecule has 0 aliphatic carbocycles. The highest BCUT2D eigenvalue weighted by Gasteiger charge is 2.22. The van der Waals surface area contributed by atoms with E-state index in [1.165, 1.54) is 23.1 Å². The van der Waals surface area contributed by atoms with Crippen LogP contribution in [0, 0.1) is 10.1 Å². The van der Waals surface area contributed by atoms with E-state index in [1.54, 1.807) is 0 Å². The number of carbonyl (C=O) groups is 2. The third-order valence-corrected chi connectivity index (χ3v) is 3.25. The number of likely N-dealkylation sites (tertiary alicyclic amines) is 1. The molecule has 1 heterocycles. The van der Waals surface area contributed by atoms with Crippen LogP contribution < -0.4 is 5.48 Å². The van der Waals surface area contributed by atoms with E-state index in [2.05, 4.69) is 5.48 Å². The van der Waals surface area contributed by atoms with Crippen LogP contribution in [0.5, 0.6) is 0 Å². The number of nitro benzene ring substituents is 1. The Kier molecular flexibility index (Phi) is 4.70. The van der Waals surface area contributed by atoms with Crippen LogP contribution in [-0.4, -0.2) is 35.3 Å². The van der Waals surface area contributed by atoms with Crippen molar-refractivity contribution in [2.75, 3.05) is 18.6 Å². The van der Waals surface area contributed by atoms with Gasteiger partial charge in [0.25, 0.3) is 5.69 Å². The molecule has 0 radical (unpaired) electrons. The zero-order valence-corrected chi connectivity index (χ0v) is 11.3. The summed E-state index contributed by atoms with van der Waals surface area (Å²) in [6, 6.07) is 4.01. The highest BCUT2D eigenvalue weighted by atomic mass is 16.7. The lowest BCUT2D eigenvalue weighted by Gasteiger charge is -2.25. The number of anilines is 1. The van der Waals surface area contributed by atoms with Crippen molar-refractivity contribution in [3.63, 3.8) is 0 Å². The molecule has 1 amide bonds.